The fourth-order valence-corrected chi connectivity index (χ4v) is 2.98. The minimum atomic E-state index is -1.74. The number of para-hydroxylation sites is 1. The molecule has 0 saturated carbocycles. The topological polar surface area (TPSA) is 74.3 Å². The van der Waals surface area contributed by atoms with Crippen LogP contribution in [0.1, 0.15) is 24.3 Å². The summed E-state index contributed by atoms with van der Waals surface area (Å²) in [7, 11) is -1.74. The van der Waals surface area contributed by atoms with E-state index in [0.717, 1.165) is 10.9 Å². The van der Waals surface area contributed by atoms with Crippen molar-refractivity contribution in [2.24, 2.45) is 5.14 Å². The van der Waals surface area contributed by atoms with E-state index in [-0.39, 0.29) is 12.3 Å². The van der Waals surface area contributed by atoms with Gasteiger partial charge >= 0.3 is 5.97 Å². The summed E-state index contributed by atoms with van der Waals surface area (Å²) in [5, 5.41) is 6.26. The predicted octanol–water partition coefficient (Wildman–Crippen LogP) is 1.82. The van der Waals surface area contributed by atoms with Gasteiger partial charge in [-0.3, -0.25) is 0 Å². The fourth-order valence-electron chi connectivity index (χ4n) is 2.21. The van der Waals surface area contributed by atoms with E-state index in [2.05, 4.69) is 0 Å². The zero-order chi connectivity index (χ0) is 14.0. The van der Waals surface area contributed by atoms with Gasteiger partial charge in [0.2, 0.25) is 0 Å². The van der Waals surface area contributed by atoms with Crippen LogP contribution in [0.5, 0.6) is 0 Å². The standard InChI is InChI=1S/C13H16N2O3S/c1-3-15-10-8-6-5-7-9(10)12(19(14)17)11(15)13(16)18-4-2/h5-8H,3-4,14H2,1-2H3. The van der Waals surface area contributed by atoms with Crippen molar-refractivity contribution in [2.45, 2.75) is 25.3 Å². The lowest BCUT2D eigenvalue weighted by atomic mass is 10.2. The van der Waals surface area contributed by atoms with E-state index < -0.39 is 17.0 Å². The van der Waals surface area contributed by atoms with Gasteiger partial charge in [-0.25, -0.2) is 14.1 Å². The molecule has 2 aromatic rings. The number of benzene rings is 1. The number of aromatic nitrogens is 1. The molecule has 0 aliphatic rings. The Morgan fingerprint density at radius 3 is 2.63 bits per heavy atom. The molecule has 2 rings (SSSR count). The number of esters is 1. The van der Waals surface area contributed by atoms with E-state index in [0.29, 0.717) is 11.4 Å². The highest BCUT2D eigenvalue weighted by atomic mass is 32.2. The van der Waals surface area contributed by atoms with Crippen LogP contribution >= 0.6 is 0 Å². The molecule has 2 N–H and O–H groups in total. The van der Waals surface area contributed by atoms with Gasteiger partial charge in [-0.05, 0) is 19.9 Å². The molecule has 0 saturated heterocycles. The third-order valence-electron chi connectivity index (χ3n) is 2.91. The second-order valence-electron chi connectivity index (χ2n) is 3.96. The Labute approximate surface area is 113 Å². The highest BCUT2D eigenvalue weighted by Gasteiger charge is 2.25. The molecule has 0 bridgehead atoms. The lowest BCUT2D eigenvalue weighted by molar-refractivity contribution is 0.0510. The maximum Gasteiger partial charge on any atom is 0.356 e. The predicted molar refractivity (Wildman–Crippen MR) is 74.2 cm³/mol. The quantitative estimate of drug-likeness (QED) is 0.868. The Hall–Kier alpha value is -1.66. The number of hydrogen-bond acceptors (Lipinski definition) is 3. The normalized spacial score (nSPS) is 12.6. The van der Waals surface area contributed by atoms with Crippen LogP contribution in [0.4, 0.5) is 0 Å². The van der Waals surface area contributed by atoms with Gasteiger partial charge < -0.3 is 9.30 Å². The molecule has 19 heavy (non-hydrogen) atoms. The molecule has 1 unspecified atom stereocenters. The number of rotatable bonds is 4. The summed E-state index contributed by atoms with van der Waals surface area (Å²) >= 11 is 0. The first kappa shape index (κ1) is 13.8. The van der Waals surface area contributed by atoms with Gasteiger partial charge in [0.1, 0.15) is 16.7 Å². The van der Waals surface area contributed by atoms with Crippen molar-refractivity contribution >= 4 is 27.9 Å². The molecule has 6 heteroatoms. The van der Waals surface area contributed by atoms with Crippen molar-refractivity contribution in [3.8, 4) is 0 Å². The lowest BCUT2D eigenvalue weighted by Gasteiger charge is -2.08. The Kier molecular flexibility index (Phi) is 4.01. The Balaban J connectivity index is 2.82. The van der Waals surface area contributed by atoms with Crippen LogP contribution in [-0.4, -0.2) is 21.4 Å². The number of carbonyl (C=O) groups excluding carboxylic acids is 1. The van der Waals surface area contributed by atoms with Crippen LogP contribution in [0.2, 0.25) is 0 Å². The number of fused-ring (bicyclic) bond motifs is 1. The number of nitrogens with two attached hydrogens (primary N) is 1. The molecular formula is C13H16N2O3S. The number of ether oxygens (including phenoxy) is 1. The van der Waals surface area contributed by atoms with Crippen molar-refractivity contribution in [2.75, 3.05) is 6.61 Å². The van der Waals surface area contributed by atoms with E-state index in [1.54, 1.807) is 11.5 Å². The van der Waals surface area contributed by atoms with E-state index >= 15 is 0 Å². The summed E-state index contributed by atoms with van der Waals surface area (Å²) in [4.78, 5) is 12.4. The number of nitrogens with zero attached hydrogens (tertiary/aromatic N) is 1. The maximum absolute atomic E-state index is 12.1. The largest absolute Gasteiger partial charge is 0.461 e. The van der Waals surface area contributed by atoms with Gasteiger partial charge in [-0.15, -0.1) is 0 Å². The number of carbonyl (C=O) groups is 1. The molecule has 0 amide bonds. The summed E-state index contributed by atoms with van der Waals surface area (Å²) in [5.74, 6) is -0.491. The third kappa shape index (κ3) is 2.29. The monoisotopic (exact) mass is 280 g/mol. The molecule has 0 aliphatic heterocycles. The van der Waals surface area contributed by atoms with Gasteiger partial charge in [-0.2, -0.15) is 0 Å². The smallest absolute Gasteiger partial charge is 0.356 e. The number of hydrogen-bond donors (Lipinski definition) is 1. The van der Waals surface area contributed by atoms with Crippen LogP contribution < -0.4 is 5.14 Å². The zero-order valence-corrected chi connectivity index (χ0v) is 11.7. The van der Waals surface area contributed by atoms with Crippen LogP contribution in [0, 0.1) is 0 Å². The van der Waals surface area contributed by atoms with Crippen molar-refractivity contribution in [3.05, 3.63) is 30.0 Å². The fraction of sp³-hybridized carbons (Fsp3) is 0.308. The van der Waals surface area contributed by atoms with E-state index in [1.165, 1.54) is 0 Å². The first-order valence-corrected chi connectivity index (χ1v) is 7.27. The van der Waals surface area contributed by atoms with Crippen LogP contribution in [0.15, 0.2) is 29.2 Å². The Morgan fingerprint density at radius 2 is 2.05 bits per heavy atom. The van der Waals surface area contributed by atoms with Gasteiger partial charge in [0.15, 0.2) is 0 Å². The molecular weight excluding hydrogens is 264 g/mol. The van der Waals surface area contributed by atoms with E-state index in [4.69, 9.17) is 9.88 Å². The molecule has 0 radical (unpaired) electrons. The van der Waals surface area contributed by atoms with Crippen LogP contribution in [0.3, 0.4) is 0 Å². The summed E-state index contributed by atoms with van der Waals surface area (Å²) in [6, 6.07) is 7.38. The molecule has 1 aromatic heterocycles. The van der Waals surface area contributed by atoms with Crippen molar-refractivity contribution < 1.29 is 13.7 Å². The average molecular weight is 280 g/mol. The van der Waals surface area contributed by atoms with Gasteiger partial charge in [0, 0.05) is 17.4 Å². The second kappa shape index (κ2) is 5.54. The summed E-state index contributed by atoms with van der Waals surface area (Å²) in [6.45, 7) is 4.49. The van der Waals surface area contributed by atoms with E-state index in [1.807, 2.05) is 31.2 Å². The first-order valence-electron chi connectivity index (χ1n) is 6.06. The van der Waals surface area contributed by atoms with Gasteiger partial charge in [0.25, 0.3) is 0 Å². The van der Waals surface area contributed by atoms with Gasteiger partial charge in [0.05, 0.1) is 11.5 Å². The summed E-state index contributed by atoms with van der Waals surface area (Å²) in [6.07, 6.45) is 0. The molecule has 1 heterocycles. The summed E-state index contributed by atoms with van der Waals surface area (Å²) < 4.78 is 18.6. The Morgan fingerprint density at radius 1 is 1.37 bits per heavy atom. The van der Waals surface area contributed by atoms with Gasteiger partial charge in [-0.1, -0.05) is 18.2 Å². The molecule has 0 spiro atoms. The molecule has 0 aliphatic carbocycles. The number of aryl methyl sites for hydroxylation is 1. The lowest BCUT2D eigenvalue weighted by Crippen LogP contribution is -2.16. The molecule has 5 nitrogen and oxygen atoms in total. The van der Waals surface area contributed by atoms with Crippen LogP contribution in [0.25, 0.3) is 10.9 Å². The molecule has 102 valence electrons. The zero-order valence-electron chi connectivity index (χ0n) is 10.9. The van der Waals surface area contributed by atoms with Crippen LogP contribution in [-0.2, 0) is 22.3 Å². The van der Waals surface area contributed by atoms with Crippen molar-refractivity contribution in [3.63, 3.8) is 0 Å². The van der Waals surface area contributed by atoms with Crippen molar-refractivity contribution in [1.82, 2.24) is 4.57 Å². The highest BCUT2D eigenvalue weighted by molar-refractivity contribution is 7.83. The minimum absolute atomic E-state index is 0.265. The first-order chi connectivity index (χ1) is 9.11. The highest BCUT2D eigenvalue weighted by Crippen LogP contribution is 2.28. The average Bonchev–Trinajstić information content (AvgIpc) is 2.73. The molecule has 1 atom stereocenters. The van der Waals surface area contributed by atoms with Crippen molar-refractivity contribution in [1.29, 1.82) is 0 Å². The van der Waals surface area contributed by atoms with E-state index in [9.17, 15) is 9.00 Å². The summed E-state index contributed by atoms with van der Waals surface area (Å²) in [5.41, 5.74) is 1.12. The SMILES string of the molecule is CCOC(=O)c1c(S(N)=O)c2ccccc2n1CC. The maximum atomic E-state index is 12.1. The third-order valence-corrected chi connectivity index (χ3v) is 3.73. The molecule has 0 fully saturated rings. The molecule has 1 aromatic carbocycles. The second-order valence-corrected chi connectivity index (χ2v) is 4.96. The Bertz CT molecular complexity index is 649. The minimum Gasteiger partial charge on any atom is -0.461 e.